The minimum Gasteiger partial charge on any atom is -0.386 e. The molecule has 3 N–H and O–H groups in total. The molecule has 16 heteroatoms. The largest absolute Gasteiger partial charge is 0.386 e. The van der Waals surface area contributed by atoms with Crippen molar-refractivity contribution in [3.05, 3.63) is 88.9 Å². The van der Waals surface area contributed by atoms with Crippen LogP contribution in [-0.4, -0.2) is 103 Å². The lowest BCUT2D eigenvalue weighted by Gasteiger charge is -2.51. The monoisotopic (exact) mass is 818 g/mol. The number of piperidine rings is 2. The number of fused-ring (bicyclic) bond motifs is 2. The van der Waals surface area contributed by atoms with Crippen LogP contribution in [0.3, 0.4) is 0 Å². The number of aliphatic hydroxyl groups is 1. The molecule has 2 aromatic carbocycles. The lowest BCUT2D eigenvalue weighted by Crippen LogP contribution is -2.61. The van der Waals surface area contributed by atoms with E-state index in [2.05, 4.69) is 38.5 Å². The maximum absolute atomic E-state index is 15.3. The molecule has 312 valence electrons. The van der Waals surface area contributed by atoms with Crippen LogP contribution in [0.2, 0.25) is 0 Å². The molecular weight excluding hydrogens is 771 g/mol. The van der Waals surface area contributed by atoms with Crippen molar-refractivity contribution >= 4 is 45.5 Å². The number of amides is 3. The average molecular weight is 819 g/mol. The third kappa shape index (κ3) is 7.39. The number of imide groups is 1. The van der Waals surface area contributed by atoms with Gasteiger partial charge in [-0.05, 0) is 95.3 Å². The molecule has 3 saturated heterocycles. The maximum Gasteiger partial charge on any atom is 0.274 e. The molecule has 0 radical (unpaired) electrons. The highest BCUT2D eigenvalue weighted by atomic mass is 19.1. The standard InChI is InChI=1S/C44H48F2N10O4/c1-25-23-53(28-8-10-52(11-9-28)30-18-35(45)41(36(46)19-30)33-5-7-40(57)50-42(33)58)12-13-54(25)31-16-32(17-31)55-24-27-15-38(34(44(2,3)60)20-37(27)51-55)49-43(59)39-6-4-29-14-26(21-47)22-48-56(29)39/h4,6,14-15,18-20,22,24-25,28,31-33,60H,5,7-13,16-17,23H2,1-3H3,(H,49,59)(H,50,57,58)/t25-,31?,32?,33-/m1/s1. The highest BCUT2D eigenvalue weighted by Crippen LogP contribution is 2.40. The number of rotatable bonds is 8. The molecule has 5 aromatic rings. The number of benzene rings is 2. The number of piperazine rings is 1. The van der Waals surface area contributed by atoms with Crippen molar-refractivity contribution < 1.29 is 28.3 Å². The maximum atomic E-state index is 15.3. The van der Waals surface area contributed by atoms with Crippen LogP contribution in [0, 0.1) is 23.0 Å². The minimum atomic E-state index is -1.26. The van der Waals surface area contributed by atoms with Crippen molar-refractivity contribution in [1.82, 2.24) is 34.5 Å². The summed E-state index contributed by atoms with van der Waals surface area (Å²) in [4.78, 5) is 44.6. The van der Waals surface area contributed by atoms with E-state index in [1.54, 1.807) is 32.0 Å². The predicted molar refractivity (Wildman–Crippen MR) is 219 cm³/mol. The molecule has 9 rings (SSSR count). The van der Waals surface area contributed by atoms with Gasteiger partial charge in [0.1, 0.15) is 23.4 Å². The fraction of sp³-hybridized carbons (Fsp3) is 0.455. The summed E-state index contributed by atoms with van der Waals surface area (Å²) >= 11 is 0. The quantitative estimate of drug-likeness (QED) is 0.177. The number of hydrogen-bond donors (Lipinski definition) is 3. The minimum absolute atomic E-state index is 0.0563. The first kappa shape index (κ1) is 39.7. The zero-order valence-corrected chi connectivity index (χ0v) is 33.9. The van der Waals surface area contributed by atoms with E-state index in [0.29, 0.717) is 64.9 Å². The number of anilines is 2. The Balaban J connectivity index is 0.799. The van der Waals surface area contributed by atoms with Crippen molar-refractivity contribution in [1.29, 1.82) is 5.26 Å². The predicted octanol–water partition coefficient (Wildman–Crippen LogP) is 5.21. The van der Waals surface area contributed by atoms with Gasteiger partial charge in [0.2, 0.25) is 11.8 Å². The SMILES string of the molecule is C[C@@H]1CN(C2CCN(c3cc(F)c([C@H]4CCC(=O)NC4=O)c(F)c3)CC2)CCN1C1CC(n2cc3cc(NC(=O)c4ccc5cc(C#N)cnn45)c(C(C)(C)O)cc3n2)C1. The highest BCUT2D eigenvalue weighted by Gasteiger charge is 2.41. The van der Waals surface area contributed by atoms with Crippen LogP contribution >= 0.6 is 0 Å². The first-order valence-electron chi connectivity index (χ1n) is 20.8. The Kier molecular flexibility index (Phi) is 10.2. The molecule has 3 aliphatic heterocycles. The summed E-state index contributed by atoms with van der Waals surface area (Å²) in [5.74, 6) is -3.98. The Morgan fingerprint density at radius 3 is 2.42 bits per heavy atom. The van der Waals surface area contributed by atoms with E-state index in [1.807, 2.05) is 27.9 Å². The molecule has 4 fully saturated rings. The van der Waals surface area contributed by atoms with Crippen LogP contribution in [0.1, 0.15) is 98.4 Å². The van der Waals surface area contributed by atoms with Crippen molar-refractivity contribution in [2.24, 2.45) is 0 Å². The number of hydrogen-bond acceptors (Lipinski definition) is 10. The summed E-state index contributed by atoms with van der Waals surface area (Å²) in [7, 11) is 0. The number of nitrogens with one attached hydrogen (secondary N) is 2. The molecule has 0 spiro atoms. The topological polar surface area (TPSA) is 164 Å². The molecule has 60 heavy (non-hydrogen) atoms. The second-order valence-electron chi connectivity index (χ2n) is 17.4. The normalized spacial score (nSPS) is 23.4. The zero-order valence-electron chi connectivity index (χ0n) is 33.9. The Morgan fingerprint density at radius 1 is 0.983 bits per heavy atom. The summed E-state index contributed by atoms with van der Waals surface area (Å²) in [6, 6.07) is 14.9. The smallest absolute Gasteiger partial charge is 0.274 e. The van der Waals surface area contributed by atoms with Gasteiger partial charge in [0.25, 0.3) is 5.91 Å². The first-order valence-corrected chi connectivity index (χ1v) is 20.8. The lowest BCUT2D eigenvalue weighted by atomic mass is 9.84. The lowest BCUT2D eigenvalue weighted by molar-refractivity contribution is -0.134. The molecular formula is C44H48F2N10O4. The van der Waals surface area contributed by atoms with Crippen LogP contribution < -0.4 is 15.5 Å². The number of halogens is 2. The van der Waals surface area contributed by atoms with E-state index in [4.69, 9.17) is 5.10 Å². The van der Waals surface area contributed by atoms with Crippen LogP contribution in [0.15, 0.2) is 54.9 Å². The van der Waals surface area contributed by atoms with E-state index in [1.165, 1.54) is 22.8 Å². The van der Waals surface area contributed by atoms with Gasteiger partial charge in [-0.25, -0.2) is 13.3 Å². The molecule has 3 amide bonds. The molecule has 0 bridgehead atoms. The Bertz CT molecular complexity index is 2540. The summed E-state index contributed by atoms with van der Waals surface area (Å²) < 4.78 is 34.0. The molecule has 0 unspecified atom stereocenters. The van der Waals surface area contributed by atoms with Crippen LogP contribution in [0.5, 0.6) is 0 Å². The average Bonchev–Trinajstić information content (AvgIpc) is 3.81. The van der Waals surface area contributed by atoms with Gasteiger partial charge in [-0.1, -0.05) is 0 Å². The molecule has 2 atom stereocenters. The van der Waals surface area contributed by atoms with E-state index < -0.39 is 40.9 Å². The van der Waals surface area contributed by atoms with Gasteiger partial charge >= 0.3 is 0 Å². The fourth-order valence-electron chi connectivity index (χ4n) is 9.77. The van der Waals surface area contributed by atoms with Gasteiger partial charge in [-0.3, -0.25) is 34.2 Å². The number of carbonyl (C=O) groups excluding carboxylic acids is 3. The first-order chi connectivity index (χ1) is 28.7. The summed E-state index contributed by atoms with van der Waals surface area (Å²) in [6.45, 7) is 9.86. The molecule has 14 nitrogen and oxygen atoms in total. The van der Waals surface area contributed by atoms with Crippen molar-refractivity contribution in [2.45, 2.75) is 95.0 Å². The second kappa shape index (κ2) is 15.4. The van der Waals surface area contributed by atoms with Crippen LogP contribution in [0.25, 0.3) is 16.4 Å². The van der Waals surface area contributed by atoms with Crippen molar-refractivity contribution in [2.75, 3.05) is 42.9 Å². The summed E-state index contributed by atoms with van der Waals surface area (Å²) in [5.41, 5.74) is 2.04. The van der Waals surface area contributed by atoms with E-state index >= 15 is 8.78 Å². The summed E-state index contributed by atoms with van der Waals surface area (Å²) in [5, 5.41) is 35.6. The zero-order chi connectivity index (χ0) is 42.0. The van der Waals surface area contributed by atoms with E-state index in [-0.39, 0.29) is 24.4 Å². The fourth-order valence-corrected chi connectivity index (χ4v) is 9.77. The van der Waals surface area contributed by atoms with Gasteiger partial charge in [0.05, 0.1) is 40.4 Å². The third-order valence-corrected chi connectivity index (χ3v) is 13.1. The van der Waals surface area contributed by atoms with E-state index in [9.17, 15) is 24.8 Å². The number of carbonyl (C=O) groups is 3. The molecule has 3 aromatic heterocycles. The van der Waals surface area contributed by atoms with Gasteiger partial charge in [0.15, 0.2) is 0 Å². The van der Waals surface area contributed by atoms with Crippen molar-refractivity contribution in [3.63, 3.8) is 0 Å². The van der Waals surface area contributed by atoms with Crippen LogP contribution in [-0.2, 0) is 15.2 Å². The third-order valence-electron chi connectivity index (χ3n) is 13.1. The molecule has 4 aliphatic rings. The van der Waals surface area contributed by atoms with Gasteiger partial charge in [0, 0.05) is 91.4 Å². The summed E-state index contributed by atoms with van der Waals surface area (Å²) in [6.07, 6.45) is 7.28. The van der Waals surface area contributed by atoms with Crippen molar-refractivity contribution in [3.8, 4) is 6.07 Å². The van der Waals surface area contributed by atoms with Crippen LogP contribution in [0.4, 0.5) is 20.2 Å². The molecule has 1 saturated carbocycles. The second-order valence-corrected chi connectivity index (χ2v) is 17.4. The van der Waals surface area contributed by atoms with E-state index in [0.717, 1.165) is 56.2 Å². The Hall–Kier alpha value is -5.76. The highest BCUT2D eigenvalue weighted by molar-refractivity contribution is 6.05. The van der Waals surface area contributed by atoms with Gasteiger partial charge in [-0.2, -0.15) is 15.5 Å². The molecule has 1 aliphatic carbocycles. The van der Waals surface area contributed by atoms with Gasteiger partial charge in [-0.15, -0.1) is 0 Å². The van der Waals surface area contributed by atoms with Gasteiger partial charge < -0.3 is 15.3 Å². The number of nitriles is 1. The molecule has 6 heterocycles. The Labute approximate surface area is 345 Å². The number of aromatic nitrogens is 4. The Morgan fingerprint density at radius 2 is 1.73 bits per heavy atom. The number of nitrogens with zero attached hydrogens (tertiary/aromatic N) is 8.